The maximum Gasteiger partial charge on any atom is 0.461 e. The fourth-order valence-electron chi connectivity index (χ4n) is 1.51. The molecule has 0 aliphatic carbocycles. The van der Waals surface area contributed by atoms with Gasteiger partial charge in [-0.3, -0.25) is 9.59 Å². The van der Waals surface area contributed by atoms with Crippen LogP contribution in [0.25, 0.3) is 0 Å². The van der Waals surface area contributed by atoms with E-state index in [4.69, 9.17) is 0 Å². The molecule has 0 fully saturated rings. The lowest BCUT2D eigenvalue weighted by molar-refractivity contribution is -0.342. The predicted molar refractivity (Wildman–Crippen MR) is 46.6 cm³/mol. The van der Waals surface area contributed by atoms with Gasteiger partial charge in [0, 0.05) is 0 Å². The van der Waals surface area contributed by atoms with Crippen LogP contribution >= 0.6 is 0 Å². The highest BCUT2D eigenvalue weighted by Gasteiger charge is 2.90. The number of Topliss-reactive ketones (excluding diaryl/α,β-unsaturated/α-hetero) is 2. The monoisotopic (exact) mass is 444 g/mol. The Hall–Kier alpha value is -1.78. The molecule has 0 amide bonds. The van der Waals surface area contributed by atoms with Gasteiger partial charge >= 0.3 is 36.6 Å². The summed E-state index contributed by atoms with van der Waals surface area (Å²) in [6, 6.07) is 0. The normalized spacial score (nSPS) is 15.7. The first kappa shape index (κ1) is 25.2. The Labute approximate surface area is 135 Å². The van der Waals surface area contributed by atoms with E-state index < -0.39 is 53.5 Å². The van der Waals surface area contributed by atoms with Gasteiger partial charge in [-0.1, -0.05) is 0 Å². The molecule has 160 valence electrons. The van der Waals surface area contributed by atoms with Crippen LogP contribution in [0.3, 0.4) is 0 Å². The van der Waals surface area contributed by atoms with Gasteiger partial charge in [0.25, 0.3) is 5.41 Å². The number of hydrogen-bond donors (Lipinski definition) is 0. The number of carbonyl (C=O) groups is 2. The molecule has 0 saturated heterocycles. The van der Waals surface area contributed by atoms with Crippen molar-refractivity contribution in [2.75, 3.05) is 0 Å². The van der Waals surface area contributed by atoms with Gasteiger partial charge in [-0.25, -0.2) is 0 Å². The third-order valence-electron chi connectivity index (χ3n) is 2.81. The van der Waals surface area contributed by atoms with Crippen molar-refractivity contribution in [1.82, 2.24) is 0 Å². The van der Waals surface area contributed by atoms with E-state index in [0.717, 1.165) is 0 Å². The highest BCUT2D eigenvalue weighted by molar-refractivity contribution is 6.14. The molecule has 0 aromatic rings. The molecule has 0 heterocycles. The third kappa shape index (κ3) is 3.53. The lowest BCUT2D eigenvalue weighted by Gasteiger charge is -2.38. The van der Waals surface area contributed by atoms with Crippen LogP contribution in [0.5, 0.6) is 0 Å². The van der Waals surface area contributed by atoms with E-state index in [-0.39, 0.29) is 0 Å². The molecular formula is C9F16O2. The molecule has 0 aliphatic rings. The van der Waals surface area contributed by atoms with Gasteiger partial charge in [-0.05, 0) is 0 Å². The molecule has 0 unspecified atom stereocenters. The van der Waals surface area contributed by atoms with Crippen LogP contribution < -0.4 is 0 Å². The van der Waals surface area contributed by atoms with E-state index in [1.165, 1.54) is 0 Å². The predicted octanol–water partition coefficient (Wildman–Crippen LogP) is 4.63. The zero-order chi connectivity index (χ0) is 22.7. The number of alkyl halides is 16. The second-order valence-electron chi connectivity index (χ2n) is 4.55. The highest BCUT2D eigenvalue weighted by Crippen LogP contribution is 2.59. The van der Waals surface area contributed by atoms with Crippen LogP contribution in [0.2, 0.25) is 0 Å². The topological polar surface area (TPSA) is 34.1 Å². The van der Waals surface area contributed by atoms with Crippen molar-refractivity contribution >= 4 is 11.6 Å². The zero-order valence-corrected chi connectivity index (χ0v) is 11.4. The third-order valence-corrected chi connectivity index (χ3v) is 2.81. The maximum absolute atomic E-state index is 12.8. The summed E-state index contributed by atoms with van der Waals surface area (Å²) < 4.78 is 199. The zero-order valence-electron chi connectivity index (χ0n) is 11.4. The van der Waals surface area contributed by atoms with Crippen LogP contribution in [-0.2, 0) is 9.59 Å². The first-order valence-corrected chi connectivity index (χ1v) is 5.43. The minimum atomic E-state index is -8.09. The van der Waals surface area contributed by atoms with E-state index in [1.54, 1.807) is 0 Å². The van der Waals surface area contributed by atoms with Crippen LogP contribution in [0, 0.1) is 5.41 Å². The molecule has 0 atom stereocenters. The fourth-order valence-corrected chi connectivity index (χ4v) is 1.51. The van der Waals surface area contributed by atoms with E-state index >= 15 is 0 Å². The summed E-state index contributed by atoms with van der Waals surface area (Å²) in [6.07, 6.45) is -31.4. The highest BCUT2D eigenvalue weighted by atomic mass is 19.4. The number of ketones is 2. The van der Waals surface area contributed by atoms with Crippen molar-refractivity contribution in [1.29, 1.82) is 0 Å². The molecule has 27 heavy (non-hydrogen) atoms. The second-order valence-corrected chi connectivity index (χ2v) is 4.55. The fraction of sp³-hybridized carbons (Fsp3) is 0.778. The van der Waals surface area contributed by atoms with Gasteiger partial charge < -0.3 is 0 Å². The average Bonchev–Trinajstić information content (AvgIpc) is 2.32. The minimum absolute atomic E-state index is 5.61. The molecule has 2 nitrogen and oxygen atoms in total. The number of halogens is 16. The Morgan fingerprint density at radius 1 is 0.370 bits per heavy atom. The van der Waals surface area contributed by atoms with Crippen molar-refractivity contribution < 1.29 is 79.8 Å². The van der Waals surface area contributed by atoms with Crippen LogP contribution in [-0.4, -0.2) is 48.1 Å². The molecule has 0 rings (SSSR count). The Morgan fingerprint density at radius 2 is 0.556 bits per heavy atom. The number of rotatable bonds is 4. The summed E-state index contributed by atoms with van der Waals surface area (Å²) in [7, 11) is 0. The Balaban J connectivity index is 7.30. The van der Waals surface area contributed by atoms with Gasteiger partial charge in [-0.15, -0.1) is 0 Å². The lowest BCUT2D eigenvalue weighted by Crippen LogP contribution is -2.71. The Morgan fingerprint density at radius 3 is 0.667 bits per heavy atom. The molecule has 0 bridgehead atoms. The van der Waals surface area contributed by atoms with Crippen LogP contribution in [0.4, 0.5) is 70.2 Å². The van der Waals surface area contributed by atoms with Crippen molar-refractivity contribution in [2.24, 2.45) is 5.41 Å². The molecule has 18 heteroatoms. The van der Waals surface area contributed by atoms with E-state index in [0.29, 0.717) is 0 Å². The molecule has 0 aliphatic heterocycles. The summed E-state index contributed by atoms with van der Waals surface area (Å²) in [6.45, 7) is 0. The average molecular weight is 444 g/mol. The first-order chi connectivity index (χ1) is 11.3. The van der Waals surface area contributed by atoms with Crippen LogP contribution in [0.1, 0.15) is 0 Å². The van der Waals surface area contributed by atoms with Crippen molar-refractivity contribution in [3.8, 4) is 0 Å². The summed E-state index contributed by atoms with van der Waals surface area (Å²) in [5.74, 6) is -26.8. The summed E-state index contributed by atoms with van der Waals surface area (Å²) >= 11 is 0. The van der Waals surface area contributed by atoms with Crippen molar-refractivity contribution in [2.45, 2.75) is 36.6 Å². The SMILES string of the molecule is O=C(C(F)(F)C(F)(F)F)C(C(=O)C(F)(F)C(F)(F)F)(C(F)(F)F)C(F)(F)F. The van der Waals surface area contributed by atoms with E-state index in [2.05, 4.69) is 0 Å². The molecule has 0 radical (unpaired) electrons. The minimum Gasteiger partial charge on any atom is -0.291 e. The summed E-state index contributed by atoms with van der Waals surface area (Å²) in [5, 5.41) is 0. The Bertz CT molecular complexity index is 545. The van der Waals surface area contributed by atoms with Gasteiger partial charge in [0.2, 0.25) is 11.6 Å². The van der Waals surface area contributed by atoms with Crippen molar-refractivity contribution in [3.63, 3.8) is 0 Å². The summed E-state index contributed by atoms with van der Waals surface area (Å²) in [5.41, 5.74) is -8.04. The quantitative estimate of drug-likeness (QED) is 0.469. The van der Waals surface area contributed by atoms with Gasteiger partial charge in [0.1, 0.15) is 0 Å². The lowest BCUT2D eigenvalue weighted by atomic mass is 9.72. The smallest absolute Gasteiger partial charge is 0.291 e. The molecule has 0 saturated carbocycles. The van der Waals surface area contributed by atoms with Gasteiger partial charge in [0.05, 0.1) is 0 Å². The number of hydrogen-bond acceptors (Lipinski definition) is 2. The maximum atomic E-state index is 12.8. The van der Waals surface area contributed by atoms with Gasteiger partial charge in [-0.2, -0.15) is 70.2 Å². The van der Waals surface area contributed by atoms with E-state index in [9.17, 15) is 79.8 Å². The first-order valence-electron chi connectivity index (χ1n) is 5.43. The second kappa shape index (κ2) is 6.11. The molecule has 0 N–H and O–H groups in total. The van der Waals surface area contributed by atoms with Crippen LogP contribution in [0.15, 0.2) is 0 Å². The standard InChI is InChI=1S/C9F16O2/c10-4(11,8(20,21)22)1(26)3(6(14,15)16,7(17,18)19)2(27)5(12,13)9(23,24)25. The summed E-state index contributed by atoms with van der Waals surface area (Å²) in [4.78, 5) is 21.6. The molecular weight excluding hydrogens is 444 g/mol. The Kier molecular flexibility index (Phi) is 5.71. The van der Waals surface area contributed by atoms with E-state index in [1.807, 2.05) is 0 Å². The number of carbonyl (C=O) groups excluding carboxylic acids is 2. The largest absolute Gasteiger partial charge is 0.461 e. The molecule has 0 aromatic heterocycles. The van der Waals surface area contributed by atoms with Crippen molar-refractivity contribution in [3.05, 3.63) is 0 Å². The molecule has 0 spiro atoms. The van der Waals surface area contributed by atoms with Gasteiger partial charge in [0.15, 0.2) is 0 Å². The molecule has 0 aromatic carbocycles.